The number of rotatable bonds is 4. The van der Waals surface area contributed by atoms with E-state index in [0.29, 0.717) is 22.9 Å². The Morgan fingerprint density at radius 1 is 1.26 bits per heavy atom. The molecule has 1 aliphatic carbocycles. The Hall–Kier alpha value is -3.33. The number of nitrogens with zero attached hydrogens (tertiary/aromatic N) is 5. The fourth-order valence-corrected chi connectivity index (χ4v) is 3.60. The summed E-state index contributed by atoms with van der Waals surface area (Å²) in [5.41, 5.74) is -8.47. The first kappa shape index (κ1) is 20.9. The van der Waals surface area contributed by atoms with Crippen molar-refractivity contribution in [3.05, 3.63) is 57.3 Å². The number of hydrogen-bond acceptors (Lipinski definition) is 5. The molecule has 1 saturated carbocycles. The average molecular weight is 439 g/mol. The molecule has 1 N–H and O–H groups in total. The molecule has 4 rings (SSSR count). The highest BCUT2D eigenvalue weighted by molar-refractivity contribution is 5.78. The highest BCUT2D eigenvalue weighted by Gasteiger charge is 2.59. The van der Waals surface area contributed by atoms with Crippen molar-refractivity contribution in [1.29, 1.82) is 5.26 Å². The maximum absolute atomic E-state index is 14.2. The molecule has 1 fully saturated rings. The minimum Gasteiger partial charge on any atom is -0.371 e. The molecule has 0 spiro atoms. The van der Waals surface area contributed by atoms with Crippen LogP contribution >= 0.6 is 0 Å². The van der Waals surface area contributed by atoms with Crippen LogP contribution in [-0.4, -0.2) is 30.6 Å². The van der Waals surface area contributed by atoms with Gasteiger partial charge in [0.05, 0.1) is 18.0 Å². The van der Waals surface area contributed by atoms with E-state index in [-0.39, 0.29) is 11.6 Å². The summed E-state index contributed by atoms with van der Waals surface area (Å²) >= 11 is 0. The van der Waals surface area contributed by atoms with Crippen molar-refractivity contribution in [1.82, 2.24) is 19.3 Å². The minimum atomic E-state index is -5.36. The van der Waals surface area contributed by atoms with Gasteiger partial charge >= 0.3 is 6.18 Å². The first-order valence-electron chi connectivity index (χ1n) is 9.06. The number of alkyl halides is 5. The van der Waals surface area contributed by atoms with Gasteiger partial charge in [-0.05, 0) is 18.9 Å². The number of halogens is 5. The molecule has 7 nitrogen and oxygen atoms in total. The van der Waals surface area contributed by atoms with Crippen LogP contribution in [0.5, 0.6) is 0 Å². The van der Waals surface area contributed by atoms with E-state index in [9.17, 15) is 31.9 Å². The average Bonchev–Trinajstić information content (AvgIpc) is 3.48. The Morgan fingerprint density at radius 2 is 1.94 bits per heavy atom. The van der Waals surface area contributed by atoms with Crippen LogP contribution in [0.2, 0.25) is 0 Å². The van der Waals surface area contributed by atoms with Gasteiger partial charge in [-0.2, -0.15) is 23.5 Å². The summed E-state index contributed by atoms with van der Waals surface area (Å²) in [6, 6.07) is 3.20. The van der Waals surface area contributed by atoms with E-state index in [4.69, 9.17) is 5.26 Å². The lowest BCUT2D eigenvalue weighted by molar-refractivity contribution is -0.250. The Morgan fingerprint density at radius 3 is 2.48 bits per heavy atom. The SMILES string of the molecule is Cn1nc2c(=O)n(C3CC3)cnc2c1[C@@](O)(c1ccc(C(F)F)c(C#N)c1)C(F)(F)F. The third-order valence-electron chi connectivity index (χ3n) is 5.29. The van der Waals surface area contributed by atoms with Crippen molar-refractivity contribution < 1.29 is 27.1 Å². The Balaban J connectivity index is 2.01. The second-order valence-electron chi connectivity index (χ2n) is 7.28. The van der Waals surface area contributed by atoms with Crippen LogP contribution in [0.4, 0.5) is 22.0 Å². The number of fused-ring (bicyclic) bond motifs is 1. The van der Waals surface area contributed by atoms with Crippen molar-refractivity contribution >= 4 is 11.0 Å². The van der Waals surface area contributed by atoms with Gasteiger partial charge in [-0.1, -0.05) is 12.1 Å². The zero-order chi connectivity index (χ0) is 22.7. The van der Waals surface area contributed by atoms with Gasteiger partial charge in [0, 0.05) is 24.2 Å². The molecule has 0 aliphatic heterocycles. The van der Waals surface area contributed by atoms with Gasteiger partial charge in [-0.25, -0.2) is 13.8 Å². The Bertz CT molecular complexity index is 1290. The summed E-state index contributed by atoms with van der Waals surface area (Å²) in [4.78, 5) is 16.6. The van der Waals surface area contributed by atoms with E-state index >= 15 is 0 Å². The van der Waals surface area contributed by atoms with Crippen LogP contribution in [-0.2, 0) is 12.6 Å². The van der Waals surface area contributed by atoms with Crippen LogP contribution in [0.15, 0.2) is 29.3 Å². The van der Waals surface area contributed by atoms with E-state index in [0.717, 1.165) is 26.2 Å². The maximum atomic E-state index is 14.2. The van der Waals surface area contributed by atoms with Crippen LogP contribution in [0, 0.1) is 11.3 Å². The molecule has 0 bridgehead atoms. The fourth-order valence-electron chi connectivity index (χ4n) is 3.60. The van der Waals surface area contributed by atoms with Gasteiger partial charge in [0.2, 0.25) is 5.60 Å². The number of aliphatic hydroxyl groups is 1. The number of aryl methyl sites for hydroxylation is 1. The molecule has 0 saturated heterocycles. The summed E-state index contributed by atoms with van der Waals surface area (Å²) in [5.74, 6) is 0. The van der Waals surface area contributed by atoms with Crippen molar-refractivity contribution in [2.75, 3.05) is 0 Å². The Kier molecular flexibility index (Phi) is 4.62. The number of aromatic nitrogens is 4. The standard InChI is InChI=1S/C19H14F5N5O2/c1-28-15(13-14(27-28)17(30)29(8-26-13)11-3-4-11)18(31,19(22,23)24)10-2-5-12(16(20)21)9(6-10)7-25/h2,5-6,8,11,16,31H,3-4H2,1H3/t18-/m0/s1. The van der Waals surface area contributed by atoms with Crippen LogP contribution in [0.3, 0.4) is 0 Å². The molecule has 2 heterocycles. The molecule has 1 atom stereocenters. The second kappa shape index (κ2) is 6.84. The summed E-state index contributed by atoms with van der Waals surface area (Å²) < 4.78 is 70.8. The molecule has 1 aliphatic rings. The summed E-state index contributed by atoms with van der Waals surface area (Å²) in [5, 5.41) is 23.9. The predicted molar refractivity (Wildman–Crippen MR) is 96.2 cm³/mol. The number of nitriles is 1. The largest absolute Gasteiger partial charge is 0.427 e. The van der Waals surface area contributed by atoms with Gasteiger partial charge in [-0.15, -0.1) is 0 Å². The molecule has 162 valence electrons. The van der Waals surface area contributed by atoms with Crippen molar-refractivity contribution in [3.8, 4) is 6.07 Å². The first-order chi connectivity index (χ1) is 14.5. The van der Waals surface area contributed by atoms with Gasteiger partial charge in [0.15, 0.2) is 5.52 Å². The third-order valence-corrected chi connectivity index (χ3v) is 5.29. The van der Waals surface area contributed by atoms with E-state index in [2.05, 4.69) is 10.1 Å². The monoisotopic (exact) mass is 439 g/mol. The molecular formula is C19H14F5N5O2. The van der Waals surface area contributed by atoms with Crippen LogP contribution < -0.4 is 5.56 Å². The molecule has 0 unspecified atom stereocenters. The zero-order valence-electron chi connectivity index (χ0n) is 15.9. The van der Waals surface area contributed by atoms with Gasteiger partial charge in [0.1, 0.15) is 11.2 Å². The van der Waals surface area contributed by atoms with E-state index < -0.39 is 51.7 Å². The molecule has 2 aromatic heterocycles. The molecule has 31 heavy (non-hydrogen) atoms. The fraction of sp³-hybridized carbons (Fsp3) is 0.368. The maximum Gasteiger partial charge on any atom is 0.427 e. The lowest BCUT2D eigenvalue weighted by Gasteiger charge is -2.31. The third kappa shape index (κ3) is 3.07. The lowest BCUT2D eigenvalue weighted by atomic mass is 9.86. The summed E-state index contributed by atoms with van der Waals surface area (Å²) in [6.07, 6.45) is -5.90. The summed E-state index contributed by atoms with van der Waals surface area (Å²) in [6.45, 7) is 0. The summed E-state index contributed by atoms with van der Waals surface area (Å²) in [7, 11) is 1.10. The van der Waals surface area contributed by atoms with Crippen molar-refractivity contribution in [2.24, 2.45) is 7.05 Å². The van der Waals surface area contributed by atoms with E-state index in [1.54, 1.807) is 0 Å². The molecular weight excluding hydrogens is 425 g/mol. The normalized spacial score (nSPS) is 16.5. The minimum absolute atomic E-state index is 0.101. The van der Waals surface area contributed by atoms with Gasteiger partial charge < -0.3 is 5.11 Å². The highest BCUT2D eigenvalue weighted by atomic mass is 19.4. The predicted octanol–water partition coefficient (Wildman–Crippen LogP) is 3.07. The topological polar surface area (TPSA) is 96.7 Å². The first-order valence-corrected chi connectivity index (χ1v) is 9.06. The van der Waals surface area contributed by atoms with Gasteiger partial charge in [-0.3, -0.25) is 14.0 Å². The molecule has 1 aromatic carbocycles. The van der Waals surface area contributed by atoms with Crippen LogP contribution in [0.1, 0.15) is 47.7 Å². The zero-order valence-corrected chi connectivity index (χ0v) is 15.9. The van der Waals surface area contributed by atoms with Crippen LogP contribution in [0.25, 0.3) is 11.0 Å². The number of hydrogen-bond donors (Lipinski definition) is 1. The molecule has 12 heteroatoms. The molecule has 0 radical (unpaired) electrons. The van der Waals surface area contributed by atoms with Gasteiger partial charge in [0.25, 0.3) is 12.0 Å². The number of benzene rings is 1. The highest BCUT2D eigenvalue weighted by Crippen LogP contribution is 2.46. The molecule has 3 aromatic rings. The van der Waals surface area contributed by atoms with Crippen molar-refractivity contribution in [3.63, 3.8) is 0 Å². The second-order valence-corrected chi connectivity index (χ2v) is 7.28. The quantitative estimate of drug-likeness (QED) is 0.631. The molecule has 0 amide bonds. The lowest BCUT2D eigenvalue weighted by Crippen LogP contribution is -2.45. The van der Waals surface area contributed by atoms with Crippen molar-refractivity contribution in [2.45, 2.75) is 37.1 Å². The van der Waals surface area contributed by atoms with E-state index in [1.807, 2.05) is 0 Å². The van der Waals surface area contributed by atoms with E-state index in [1.165, 1.54) is 10.6 Å². The smallest absolute Gasteiger partial charge is 0.371 e. The Labute approximate surface area is 171 Å².